The van der Waals surface area contributed by atoms with Crippen LogP contribution in [-0.2, 0) is 4.74 Å². The first-order valence-corrected chi connectivity index (χ1v) is 12.0. The van der Waals surface area contributed by atoms with Crippen molar-refractivity contribution >= 4 is 44.9 Å². The summed E-state index contributed by atoms with van der Waals surface area (Å²) in [5, 5.41) is 4.84. The number of nitrogens with two attached hydrogens (primary N) is 1. The SMILES string of the molecule is CC(C)[C@@H](N)CNc1c(-c2nc3ccc(N4CCOCC4)cc3[nH]2)c(=O)[nH]c2cc(Cl)ccc12. The van der Waals surface area contributed by atoms with E-state index < -0.39 is 0 Å². The first-order chi connectivity index (χ1) is 16.4. The number of morpholine rings is 1. The zero-order valence-electron chi connectivity index (χ0n) is 19.3. The van der Waals surface area contributed by atoms with Gasteiger partial charge in [0.25, 0.3) is 5.56 Å². The molecule has 1 aliphatic heterocycles. The van der Waals surface area contributed by atoms with Crippen molar-refractivity contribution in [1.29, 1.82) is 0 Å². The van der Waals surface area contributed by atoms with Crippen LogP contribution in [0.3, 0.4) is 0 Å². The molecule has 34 heavy (non-hydrogen) atoms. The van der Waals surface area contributed by atoms with Gasteiger partial charge in [-0.25, -0.2) is 4.98 Å². The highest BCUT2D eigenvalue weighted by Crippen LogP contribution is 2.33. The third-order valence-corrected chi connectivity index (χ3v) is 6.66. The third kappa shape index (κ3) is 4.36. The lowest BCUT2D eigenvalue weighted by Gasteiger charge is -2.28. The van der Waals surface area contributed by atoms with Crippen molar-refractivity contribution in [3.63, 3.8) is 0 Å². The van der Waals surface area contributed by atoms with Gasteiger partial charge in [-0.2, -0.15) is 0 Å². The van der Waals surface area contributed by atoms with Gasteiger partial charge in [0.15, 0.2) is 0 Å². The molecule has 4 aromatic rings. The molecule has 3 heterocycles. The van der Waals surface area contributed by atoms with Crippen molar-refractivity contribution in [3.05, 3.63) is 51.8 Å². The average molecular weight is 481 g/mol. The molecular formula is C25H29ClN6O2. The quantitative estimate of drug-likeness (QED) is 0.332. The normalized spacial score (nSPS) is 15.4. The molecule has 5 N–H and O–H groups in total. The lowest BCUT2D eigenvalue weighted by molar-refractivity contribution is 0.122. The average Bonchev–Trinajstić information content (AvgIpc) is 3.25. The van der Waals surface area contributed by atoms with Gasteiger partial charge in [-0.05, 0) is 42.3 Å². The van der Waals surface area contributed by atoms with Gasteiger partial charge in [0.1, 0.15) is 11.4 Å². The van der Waals surface area contributed by atoms with E-state index in [-0.39, 0.29) is 11.6 Å². The summed E-state index contributed by atoms with van der Waals surface area (Å²) >= 11 is 6.19. The Morgan fingerprint density at radius 1 is 1.15 bits per heavy atom. The number of rotatable bonds is 6. The van der Waals surface area contributed by atoms with E-state index in [1.165, 1.54) is 0 Å². The number of anilines is 2. The van der Waals surface area contributed by atoms with Gasteiger partial charge < -0.3 is 30.7 Å². The minimum atomic E-state index is -0.247. The largest absolute Gasteiger partial charge is 0.382 e. The highest BCUT2D eigenvalue weighted by Gasteiger charge is 2.20. The summed E-state index contributed by atoms with van der Waals surface area (Å²) in [4.78, 5) is 26.7. The Bertz CT molecular complexity index is 1390. The second-order valence-electron chi connectivity index (χ2n) is 9.07. The molecule has 1 atom stereocenters. The zero-order valence-corrected chi connectivity index (χ0v) is 20.1. The molecule has 0 saturated carbocycles. The number of nitrogens with zero attached hydrogens (tertiary/aromatic N) is 2. The highest BCUT2D eigenvalue weighted by atomic mass is 35.5. The molecule has 1 fully saturated rings. The lowest BCUT2D eigenvalue weighted by Crippen LogP contribution is -2.36. The molecule has 0 amide bonds. The van der Waals surface area contributed by atoms with Crippen LogP contribution < -0.4 is 21.5 Å². The predicted octanol–water partition coefficient (Wildman–Crippen LogP) is 3.96. The molecule has 8 nitrogen and oxygen atoms in total. The van der Waals surface area contributed by atoms with Crippen LogP contribution >= 0.6 is 11.6 Å². The van der Waals surface area contributed by atoms with E-state index in [2.05, 4.69) is 46.2 Å². The van der Waals surface area contributed by atoms with E-state index in [0.29, 0.717) is 40.1 Å². The van der Waals surface area contributed by atoms with Crippen LogP contribution in [0.4, 0.5) is 11.4 Å². The second-order valence-corrected chi connectivity index (χ2v) is 9.51. The summed E-state index contributed by atoms with van der Waals surface area (Å²) < 4.78 is 5.47. The minimum Gasteiger partial charge on any atom is -0.382 e. The number of benzene rings is 2. The monoisotopic (exact) mass is 480 g/mol. The molecule has 0 radical (unpaired) electrons. The second kappa shape index (κ2) is 9.29. The number of ether oxygens (including phenoxy) is 1. The Hall–Kier alpha value is -3.07. The van der Waals surface area contributed by atoms with Crippen LogP contribution in [0.25, 0.3) is 33.3 Å². The molecule has 0 unspecified atom stereocenters. The van der Waals surface area contributed by atoms with E-state index in [9.17, 15) is 4.79 Å². The molecule has 0 bridgehead atoms. The van der Waals surface area contributed by atoms with Crippen molar-refractivity contribution in [1.82, 2.24) is 15.0 Å². The number of aromatic nitrogens is 3. The van der Waals surface area contributed by atoms with Crippen molar-refractivity contribution in [2.24, 2.45) is 11.7 Å². The number of halogens is 1. The first kappa shape index (κ1) is 22.7. The lowest BCUT2D eigenvalue weighted by atomic mass is 10.0. The summed E-state index contributed by atoms with van der Waals surface area (Å²) in [7, 11) is 0. The number of H-pyrrole nitrogens is 2. The fourth-order valence-electron chi connectivity index (χ4n) is 4.27. The zero-order chi connectivity index (χ0) is 23.8. The molecule has 1 aliphatic rings. The number of fused-ring (bicyclic) bond motifs is 2. The van der Waals surface area contributed by atoms with Crippen LogP contribution in [0.1, 0.15) is 13.8 Å². The number of hydrogen-bond donors (Lipinski definition) is 4. The van der Waals surface area contributed by atoms with Crippen molar-refractivity contribution < 1.29 is 4.74 Å². The summed E-state index contributed by atoms with van der Waals surface area (Å²) in [5.74, 6) is 0.802. The topological polar surface area (TPSA) is 112 Å². The smallest absolute Gasteiger partial charge is 0.261 e. The Morgan fingerprint density at radius 3 is 2.71 bits per heavy atom. The molecule has 2 aromatic heterocycles. The number of aromatic amines is 2. The molecular weight excluding hydrogens is 452 g/mol. The summed E-state index contributed by atoms with van der Waals surface area (Å²) in [5.41, 5.74) is 10.6. The van der Waals surface area contributed by atoms with Crippen molar-refractivity contribution in [3.8, 4) is 11.4 Å². The van der Waals surface area contributed by atoms with Crippen molar-refractivity contribution in [2.45, 2.75) is 19.9 Å². The maximum absolute atomic E-state index is 13.3. The molecule has 5 rings (SSSR count). The van der Waals surface area contributed by atoms with E-state index in [4.69, 9.17) is 27.1 Å². The van der Waals surface area contributed by atoms with Crippen LogP contribution in [0, 0.1) is 5.92 Å². The van der Waals surface area contributed by atoms with E-state index in [1.54, 1.807) is 6.07 Å². The fraction of sp³-hybridized carbons (Fsp3) is 0.360. The Morgan fingerprint density at radius 2 is 1.94 bits per heavy atom. The van der Waals surface area contributed by atoms with Gasteiger partial charge in [-0.3, -0.25) is 4.79 Å². The maximum Gasteiger partial charge on any atom is 0.261 e. The van der Waals surface area contributed by atoms with Crippen LogP contribution in [0.2, 0.25) is 5.02 Å². The van der Waals surface area contributed by atoms with E-state index in [0.717, 1.165) is 48.4 Å². The number of nitrogens with one attached hydrogen (secondary N) is 3. The van der Waals surface area contributed by atoms with E-state index in [1.807, 2.05) is 18.2 Å². The van der Waals surface area contributed by atoms with Gasteiger partial charge in [0.2, 0.25) is 0 Å². The Balaban J connectivity index is 1.61. The summed E-state index contributed by atoms with van der Waals surface area (Å²) in [6.45, 7) is 7.81. The third-order valence-electron chi connectivity index (χ3n) is 6.43. The van der Waals surface area contributed by atoms with Crippen molar-refractivity contribution in [2.75, 3.05) is 43.1 Å². The summed E-state index contributed by atoms with van der Waals surface area (Å²) in [6, 6.07) is 11.5. The highest BCUT2D eigenvalue weighted by molar-refractivity contribution is 6.31. The predicted molar refractivity (Wildman–Crippen MR) is 139 cm³/mol. The molecule has 0 aliphatic carbocycles. The Kier molecular flexibility index (Phi) is 6.20. The van der Waals surface area contributed by atoms with E-state index >= 15 is 0 Å². The standard InChI is InChI=1S/C25H29ClN6O2/c1-14(2)18(27)13-28-23-17-5-3-15(26)11-20(17)31-25(33)22(23)24-29-19-6-4-16(12-21(19)30-24)32-7-9-34-10-8-32/h3-6,11-12,14,18H,7-10,13,27H2,1-2H3,(H,29,30)(H2,28,31,33)/t18-/m0/s1. The van der Waals surface area contributed by atoms with Gasteiger partial charge in [-0.15, -0.1) is 0 Å². The van der Waals surface area contributed by atoms with Crippen LogP contribution in [0.15, 0.2) is 41.2 Å². The molecule has 0 spiro atoms. The molecule has 178 valence electrons. The van der Waals surface area contributed by atoms with Crippen LogP contribution in [-0.4, -0.2) is 53.8 Å². The van der Waals surface area contributed by atoms with Gasteiger partial charge >= 0.3 is 0 Å². The van der Waals surface area contributed by atoms with Gasteiger partial charge in [-0.1, -0.05) is 25.4 Å². The summed E-state index contributed by atoms with van der Waals surface area (Å²) in [6.07, 6.45) is 0. The maximum atomic E-state index is 13.3. The number of imidazole rings is 1. The fourth-order valence-corrected chi connectivity index (χ4v) is 4.44. The Labute approximate surface area is 202 Å². The molecule has 1 saturated heterocycles. The molecule has 2 aromatic carbocycles. The van der Waals surface area contributed by atoms with Gasteiger partial charge in [0, 0.05) is 41.8 Å². The van der Waals surface area contributed by atoms with Gasteiger partial charge in [0.05, 0.1) is 35.5 Å². The number of pyridine rings is 1. The number of hydrogen-bond acceptors (Lipinski definition) is 6. The van der Waals surface area contributed by atoms with Crippen LogP contribution in [0.5, 0.6) is 0 Å². The first-order valence-electron chi connectivity index (χ1n) is 11.6. The molecule has 9 heteroatoms. The minimum absolute atomic E-state index is 0.0683.